The lowest BCUT2D eigenvalue weighted by atomic mass is 10.0. The zero-order chi connectivity index (χ0) is 28.6. The van der Waals surface area contributed by atoms with E-state index >= 15 is 0 Å². The maximum absolute atomic E-state index is 13.3. The van der Waals surface area contributed by atoms with Crippen LogP contribution in [-0.4, -0.2) is 49.8 Å². The minimum atomic E-state index is -4.85. The molecule has 1 aliphatic rings. The van der Waals surface area contributed by atoms with Gasteiger partial charge in [-0.3, -0.25) is 14.4 Å². The Labute approximate surface area is 224 Å². The van der Waals surface area contributed by atoms with Crippen molar-refractivity contribution >= 4 is 23.2 Å². The minimum Gasteiger partial charge on any atom is -0.406 e. The van der Waals surface area contributed by atoms with E-state index in [0.29, 0.717) is 16.7 Å². The van der Waals surface area contributed by atoms with Crippen molar-refractivity contribution in [1.29, 1.82) is 0 Å². The monoisotopic (exact) mass is 553 g/mol. The molecule has 0 saturated heterocycles. The van der Waals surface area contributed by atoms with Gasteiger partial charge in [-0.1, -0.05) is 24.3 Å². The molecule has 4 aromatic rings. The van der Waals surface area contributed by atoms with Crippen LogP contribution in [0.25, 0.3) is 5.65 Å². The maximum Gasteiger partial charge on any atom is 0.573 e. The Balaban J connectivity index is 1.35. The molecule has 206 valence electrons. The minimum absolute atomic E-state index is 0.0262. The van der Waals surface area contributed by atoms with Gasteiger partial charge < -0.3 is 20.5 Å². The summed E-state index contributed by atoms with van der Waals surface area (Å²) in [7, 11) is 0. The molecule has 40 heavy (non-hydrogen) atoms. The Morgan fingerprint density at radius 3 is 2.65 bits per heavy atom. The number of hydrogen-bond acceptors (Lipinski definition) is 7. The predicted molar refractivity (Wildman–Crippen MR) is 134 cm³/mol. The van der Waals surface area contributed by atoms with Crippen LogP contribution in [0.5, 0.6) is 5.75 Å². The van der Waals surface area contributed by atoms with Crippen molar-refractivity contribution in [2.24, 2.45) is 0 Å². The van der Waals surface area contributed by atoms with Crippen LogP contribution in [0.4, 0.5) is 13.2 Å². The van der Waals surface area contributed by atoms with Gasteiger partial charge in [0, 0.05) is 30.7 Å². The van der Waals surface area contributed by atoms with Gasteiger partial charge in [-0.15, -0.1) is 13.2 Å². The highest BCUT2D eigenvalue weighted by atomic mass is 19.4. The van der Waals surface area contributed by atoms with E-state index in [-0.39, 0.29) is 35.8 Å². The number of benzene rings is 2. The van der Waals surface area contributed by atoms with Crippen LogP contribution in [0, 0.1) is 0 Å². The number of aliphatic hydroxyl groups is 1. The predicted octanol–water partition coefficient (Wildman–Crippen LogP) is 3.15. The van der Waals surface area contributed by atoms with E-state index in [2.05, 4.69) is 25.5 Å². The molecule has 2 aromatic carbocycles. The molecular weight excluding hydrogens is 531 g/mol. The number of ketones is 1. The number of nitrogens with zero attached hydrogens (tertiary/aromatic N) is 3. The number of carbonyl (C=O) groups excluding carboxylic acids is 3. The fourth-order valence-corrected chi connectivity index (χ4v) is 4.56. The number of aromatic nitrogens is 3. The van der Waals surface area contributed by atoms with Gasteiger partial charge in [-0.25, -0.2) is 9.50 Å². The number of carbonyl (C=O) groups is 3. The number of ether oxygens (including phenoxy) is 1. The van der Waals surface area contributed by atoms with Crippen LogP contribution in [0.3, 0.4) is 0 Å². The first-order valence-electron chi connectivity index (χ1n) is 12.1. The van der Waals surface area contributed by atoms with Crippen LogP contribution in [0.1, 0.15) is 61.0 Å². The molecule has 0 bridgehead atoms. The fourth-order valence-electron chi connectivity index (χ4n) is 4.56. The molecule has 2 heterocycles. The van der Waals surface area contributed by atoms with Crippen molar-refractivity contribution in [2.75, 3.05) is 0 Å². The van der Waals surface area contributed by atoms with Crippen molar-refractivity contribution in [2.45, 2.75) is 38.4 Å². The molecule has 1 aliphatic carbocycles. The Hall–Kier alpha value is -4.78. The van der Waals surface area contributed by atoms with Crippen LogP contribution in [-0.2, 0) is 13.0 Å². The normalized spacial score (nSPS) is 16.4. The smallest absolute Gasteiger partial charge is 0.406 e. The number of nitrogens with one attached hydrogen (secondary N) is 2. The van der Waals surface area contributed by atoms with Gasteiger partial charge in [0.25, 0.3) is 11.8 Å². The summed E-state index contributed by atoms with van der Waals surface area (Å²) in [5.74, 6) is -1.85. The molecule has 0 unspecified atom stereocenters. The van der Waals surface area contributed by atoms with E-state index in [0.717, 1.165) is 17.7 Å². The third-order valence-electron chi connectivity index (χ3n) is 6.39. The summed E-state index contributed by atoms with van der Waals surface area (Å²) < 4.78 is 42.7. The second-order valence-corrected chi connectivity index (χ2v) is 9.20. The molecule has 0 aliphatic heterocycles. The van der Waals surface area contributed by atoms with Crippen LogP contribution >= 0.6 is 0 Å². The Kier molecular flexibility index (Phi) is 6.98. The summed E-state index contributed by atoms with van der Waals surface area (Å²) in [5.41, 5.74) is 2.32. The van der Waals surface area contributed by atoms with E-state index in [4.69, 9.17) is 0 Å². The van der Waals surface area contributed by atoms with Crippen LogP contribution in [0.2, 0.25) is 0 Å². The van der Waals surface area contributed by atoms with Crippen molar-refractivity contribution in [3.63, 3.8) is 0 Å². The van der Waals surface area contributed by atoms with Crippen molar-refractivity contribution in [3.05, 3.63) is 94.4 Å². The quantitative estimate of drug-likeness (QED) is 0.299. The molecular formula is C27H22F3N5O5. The van der Waals surface area contributed by atoms with Crippen molar-refractivity contribution in [1.82, 2.24) is 25.2 Å². The number of amides is 2. The number of alkyl halides is 3. The summed E-state index contributed by atoms with van der Waals surface area (Å²) in [6.07, 6.45) is -4.14. The van der Waals surface area contributed by atoms with Gasteiger partial charge in [-0.2, -0.15) is 5.10 Å². The molecule has 5 rings (SSSR count). The average Bonchev–Trinajstić information content (AvgIpc) is 3.49. The molecule has 3 N–H and O–H groups in total. The molecule has 0 fully saturated rings. The number of Topliss-reactive ketones (excluding diaryl/α,β-unsaturated/α-hetero) is 1. The van der Waals surface area contributed by atoms with Crippen LogP contribution < -0.4 is 15.4 Å². The highest BCUT2D eigenvalue weighted by Crippen LogP contribution is 2.32. The number of rotatable bonds is 7. The molecule has 0 radical (unpaired) electrons. The molecule has 13 heteroatoms. The molecule has 2 atom stereocenters. The van der Waals surface area contributed by atoms with Crippen molar-refractivity contribution < 1.29 is 37.4 Å². The summed E-state index contributed by atoms with van der Waals surface area (Å²) in [6, 6.07) is 12.1. The van der Waals surface area contributed by atoms with E-state index in [1.54, 1.807) is 18.2 Å². The zero-order valence-corrected chi connectivity index (χ0v) is 20.9. The average molecular weight is 553 g/mol. The molecule has 0 spiro atoms. The van der Waals surface area contributed by atoms with Gasteiger partial charge in [0.2, 0.25) is 0 Å². The fraction of sp³-hybridized carbons (Fsp3) is 0.222. The third-order valence-corrected chi connectivity index (χ3v) is 6.39. The number of aliphatic hydroxyl groups excluding tert-OH is 1. The third kappa shape index (κ3) is 5.64. The summed E-state index contributed by atoms with van der Waals surface area (Å²) in [6.45, 7) is 1.31. The lowest BCUT2D eigenvalue weighted by Crippen LogP contribution is -2.35. The summed E-state index contributed by atoms with van der Waals surface area (Å²) in [5, 5.41) is 20.1. The number of hydrogen-bond donors (Lipinski definition) is 3. The maximum atomic E-state index is 13.3. The molecule has 2 aromatic heterocycles. The lowest BCUT2D eigenvalue weighted by Gasteiger charge is -2.18. The number of halogens is 3. The van der Waals surface area contributed by atoms with E-state index < -0.39 is 36.1 Å². The SMILES string of the molecule is CC(=O)c1ccc2c(c1)C[C@@H](O)[C@@H]2NC(=O)c1cc(C(=O)NCc2cccc(OC(F)(F)F)c2)nc2ccnn12. The first-order chi connectivity index (χ1) is 19.0. The highest BCUT2D eigenvalue weighted by molar-refractivity contribution is 5.98. The summed E-state index contributed by atoms with van der Waals surface area (Å²) >= 11 is 0. The topological polar surface area (TPSA) is 135 Å². The Bertz CT molecular complexity index is 1630. The first-order valence-corrected chi connectivity index (χ1v) is 12.1. The number of fused-ring (bicyclic) bond motifs is 2. The lowest BCUT2D eigenvalue weighted by molar-refractivity contribution is -0.274. The molecule has 10 nitrogen and oxygen atoms in total. The highest BCUT2D eigenvalue weighted by Gasteiger charge is 2.34. The van der Waals surface area contributed by atoms with E-state index in [1.807, 2.05) is 0 Å². The Morgan fingerprint density at radius 1 is 1.10 bits per heavy atom. The largest absolute Gasteiger partial charge is 0.573 e. The van der Waals surface area contributed by atoms with Gasteiger partial charge >= 0.3 is 6.36 Å². The zero-order valence-electron chi connectivity index (χ0n) is 20.9. The first kappa shape index (κ1) is 26.8. The van der Waals surface area contributed by atoms with E-state index in [9.17, 15) is 32.7 Å². The van der Waals surface area contributed by atoms with Gasteiger partial charge in [0.15, 0.2) is 11.4 Å². The van der Waals surface area contributed by atoms with Gasteiger partial charge in [-0.05, 0) is 41.8 Å². The van der Waals surface area contributed by atoms with Crippen LogP contribution in [0.15, 0.2) is 60.8 Å². The van der Waals surface area contributed by atoms with E-state index in [1.165, 1.54) is 41.9 Å². The molecule has 2 amide bonds. The second kappa shape index (κ2) is 10.4. The Morgan fingerprint density at radius 2 is 1.90 bits per heavy atom. The van der Waals surface area contributed by atoms with Gasteiger partial charge in [0.05, 0.1) is 18.3 Å². The standard InChI is InChI=1S/C27H22F3N5O5/c1-14(36)16-5-6-19-17(10-16)11-22(37)24(19)34-26(39)21-12-20(33-23-7-8-32-35(21)23)25(38)31-13-15-3-2-4-18(9-15)40-27(28,29)30/h2-10,12,22,24,37H,11,13H2,1H3,(H,31,38)(H,34,39)/t22-,24-/m1/s1. The molecule has 0 saturated carbocycles. The van der Waals surface area contributed by atoms with Crippen molar-refractivity contribution in [3.8, 4) is 5.75 Å². The van der Waals surface area contributed by atoms with Gasteiger partial charge in [0.1, 0.15) is 17.1 Å². The second-order valence-electron chi connectivity index (χ2n) is 9.20. The summed E-state index contributed by atoms with van der Waals surface area (Å²) in [4.78, 5) is 42.2.